The van der Waals surface area contributed by atoms with E-state index in [0.717, 1.165) is 45.2 Å². The third kappa shape index (κ3) is 7.14. The van der Waals surface area contributed by atoms with Crippen LogP contribution in [0, 0.1) is 5.92 Å². The third-order valence-electron chi connectivity index (χ3n) is 3.77. The fourth-order valence-corrected chi connectivity index (χ4v) is 2.60. The van der Waals surface area contributed by atoms with Crippen molar-refractivity contribution in [2.75, 3.05) is 45.8 Å². The van der Waals surface area contributed by atoms with Crippen LogP contribution in [0.2, 0.25) is 0 Å². The van der Waals surface area contributed by atoms with E-state index in [9.17, 15) is 4.79 Å². The van der Waals surface area contributed by atoms with E-state index in [1.165, 1.54) is 6.42 Å². The zero-order valence-electron chi connectivity index (χ0n) is 14.4. The first-order valence-corrected chi connectivity index (χ1v) is 8.26. The Balaban J connectivity index is 2.31. The van der Waals surface area contributed by atoms with Crippen molar-refractivity contribution in [2.45, 2.75) is 46.6 Å². The standard InChI is InChI=1S/C16H33N3O2/c1-6-17-12-14-8-9-18(13-14)10-11-19(7-2)15(20)21-16(3,4)5/h14,17H,6-13H2,1-5H3. The summed E-state index contributed by atoms with van der Waals surface area (Å²) in [6.45, 7) is 16.7. The van der Waals surface area contributed by atoms with E-state index in [0.29, 0.717) is 6.54 Å². The maximum atomic E-state index is 12.1. The van der Waals surface area contributed by atoms with Crippen molar-refractivity contribution in [1.82, 2.24) is 15.1 Å². The van der Waals surface area contributed by atoms with Gasteiger partial charge in [-0.05, 0) is 59.7 Å². The molecule has 1 unspecified atom stereocenters. The summed E-state index contributed by atoms with van der Waals surface area (Å²) in [5.74, 6) is 0.751. The van der Waals surface area contributed by atoms with E-state index in [4.69, 9.17) is 4.74 Å². The van der Waals surface area contributed by atoms with Gasteiger partial charge in [-0.15, -0.1) is 0 Å². The fraction of sp³-hybridized carbons (Fsp3) is 0.938. The normalized spacial score (nSPS) is 19.8. The van der Waals surface area contributed by atoms with E-state index < -0.39 is 5.60 Å². The van der Waals surface area contributed by atoms with Crippen LogP contribution in [-0.4, -0.2) is 67.3 Å². The highest BCUT2D eigenvalue weighted by Crippen LogP contribution is 2.15. The lowest BCUT2D eigenvalue weighted by molar-refractivity contribution is 0.0246. The summed E-state index contributed by atoms with van der Waals surface area (Å²) >= 11 is 0. The van der Waals surface area contributed by atoms with Gasteiger partial charge in [0.15, 0.2) is 0 Å². The van der Waals surface area contributed by atoms with Crippen LogP contribution in [0.3, 0.4) is 0 Å². The first-order chi connectivity index (χ1) is 9.85. The molecule has 0 radical (unpaired) electrons. The first-order valence-electron chi connectivity index (χ1n) is 8.26. The Morgan fingerprint density at radius 2 is 2.10 bits per heavy atom. The third-order valence-corrected chi connectivity index (χ3v) is 3.77. The second-order valence-corrected chi connectivity index (χ2v) is 6.82. The van der Waals surface area contributed by atoms with Gasteiger partial charge < -0.3 is 19.9 Å². The van der Waals surface area contributed by atoms with Gasteiger partial charge in [-0.2, -0.15) is 0 Å². The minimum atomic E-state index is -0.422. The average Bonchev–Trinajstić information content (AvgIpc) is 2.83. The van der Waals surface area contributed by atoms with Crippen molar-refractivity contribution in [2.24, 2.45) is 5.92 Å². The van der Waals surface area contributed by atoms with Crippen molar-refractivity contribution >= 4 is 6.09 Å². The number of rotatable bonds is 7. The number of hydrogen-bond donors (Lipinski definition) is 1. The molecule has 1 rings (SSSR count). The average molecular weight is 299 g/mol. The minimum absolute atomic E-state index is 0.201. The highest BCUT2D eigenvalue weighted by atomic mass is 16.6. The summed E-state index contributed by atoms with van der Waals surface area (Å²) in [4.78, 5) is 16.3. The van der Waals surface area contributed by atoms with Gasteiger partial charge in [0.2, 0.25) is 0 Å². The molecule has 5 heteroatoms. The number of nitrogens with one attached hydrogen (secondary N) is 1. The second-order valence-electron chi connectivity index (χ2n) is 6.82. The minimum Gasteiger partial charge on any atom is -0.444 e. The Hall–Kier alpha value is -0.810. The molecule has 0 aromatic carbocycles. The fourth-order valence-electron chi connectivity index (χ4n) is 2.60. The van der Waals surface area contributed by atoms with Crippen LogP contribution < -0.4 is 5.32 Å². The zero-order chi connectivity index (χ0) is 15.9. The Kier molecular flexibility index (Phi) is 7.46. The first kappa shape index (κ1) is 18.2. The van der Waals surface area contributed by atoms with E-state index >= 15 is 0 Å². The number of likely N-dealkylation sites (N-methyl/N-ethyl adjacent to an activating group) is 1. The molecule has 0 bridgehead atoms. The van der Waals surface area contributed by atoms with Crippen molar-refractivity contribution < 1.29 is 9.53 Å². The van der Waals surface area contributed by atoms with Crippen LogP contribution in [-0.2, 0) is 4.74 Å². The van der Waals surface area contributed by atoms with Gasteiger partial charge in [-0.1, -0.05) is 6.92 Å². The number of carbonyl (C=O) groups excluding carboxylic acids is 1. The van der Waals surface area contributed by atoms with Crippen LogP contribution in [0.1, 0.15) is 41.0 Å². The number of likely N-dealkylation sites (tertiary alicyclic amines) is 1. The molecule has 1 heterocycles. The van der Waals surface area contributed by atoms with Crippen molar-refractivity contribution in [3.8, 4) is 0 Å². The summed E-state index contributed by atoms with van der Waals surface area (Å²) in [5.41, 5.74) is -0.422. The van der Waals surface area contributed by atoms with Gasteiger partial charge in [-0.25, -0.2) is 4.79 Å². The summed E-state index contributed by atoms with van der Waals surface area (Å²) in [5, 5.41) is 3.42. The summed E-state index contributed by atoms with van der Waals surface area (Å²) in [6.07, 6.45) is 1.05. The van der Waals surface area contributed by atoms with E-state index in [1.54, 1.807) is 4.90 Å². The van der Waals surface area contributed by atoms with Gasteiger partial charge >= 0.3 is 6.09 Å². The molecule has 1 amide bonds. The van der Waals surface area contributed by atoms with Crippen molar-refractivity contribution in [1.29, 1.82) is 0 Å². The monoisotopic (exact) mass is 299 g/mol. The summed E-state index contributed by atoms with van der Waals surface area (Å²) in [6, 6.07) is 0. The smallest absolute Gasteiger partial charge is 0.410 e. The predicted octanol–water partition coefficient (Wildman–Crippen LogP) is 2.17. The lowest BCUT2D eigenvalue weighted by Crippen LogP contribution is -2.41. The van der Waals surface area contributed by atoms with Crippen LogP contribution in [0.5, 0.6) is 0 Å². The Morgan fingerprint density at radius 1 is 1.38 bits per heavy atom. The van der Waals surface area contributed by atoms with Crippen LogP contribution in [0.15, 0.2) is 0 Å². The highest BCUT2D eigenvalue weighted by Gasteiger charge is 2.24. The SMILES string of the molecule is CCNCC1CCN(CCN(CC)C(=O)OC(C)(C)C)C1. The van der Waals surface area contributed by atoms with Crippen molar-refractivity contribution in [3.05, 3.63) is 0 Å². The Bertz CT molecular complexity index is 315. The molecule has 0 aromatic rings. The molecule has 0 aromatic heterocycles. The molecule has 21 heavy (non-hydrogen) atoms. The van der Waals surface area contributed by atoms with Gasteiger partial charge in [0, 0.05) is 26.2 Å². The molecule has 1 fully saturated rings. The molecule has 124 valence electrons. The van der Waals surface area contributed by atoms with Gasteiger partial charge in [-0.3, -0.25) is 0 Å². The van der Waals surface area contributed by atoms with E-state index in [1.807, 2.05) is 27.7 Å². The molecular formula is C16H33N3O2. The molecule has 1 atom stereocenters. The summed E-state index contributed by atoms with van der Waals surface area (Å²) in [7, 11) is 0. The Morgan fingerprint density at radius 3 is 2.67 bits per heavy atom. The number of nitrogens with zero attached hydrogens (tertiary/aromatic N) is 2. The largest absolute Gasteiger partial charge is 0.444 e. The molecule has 0 aliphatic carbocycles. The lowest BCUT2D eigenvalue weighted by Gasteiger charge is -2.28. The molecule has 0 spiro atoms. The van der Waals surface area contributed by atoms with Gasteiger partial charge in [0.1, 0.15) is 5.60 Å². The number of hydrogen-bond acceptors (Lipinski definition) is 4. The maximum absolute atomic E-state index is 12.1. The van der Waals surface area contributed by atoms with Crippen molar-refractivity contribution in [3.63, 3.8) is 0 Å². The van der Waals surface area contributed by atoms with E-state index in [2.05, 4.69) is 17.1 Å². The number of amides is 1. The molecular weight excluding hydrogens is 266 g/mol. The lowest BCUT2D eigenvalue weighted by atomic mass is 10.1. The molecule has 1 saturated heterocycles. The number of carbonyl (C=O) groups is 1. The van der Waals surface area contributed by atoms with Gasteiger partial charge in [0.25, 0.3) is 0 Å². The zero-order valence-corrected chi connectivity index (χ0v) is 14.4. The van der Waals surface area contributed by atoms with Crippen LogP contribution in [0.25, 0.3) is 0 Å². The van der Waals surface area contributed by atoms with Gasteiger partial charge in [0.05, 0.1) is 0 Å². The van der Waals surface area contributed by atoms with E-state index in [-0.39, 0.29) is 6.09 Å². The number of ether oxygens (including phenoxy) is 1. The molecule has 1 N–H and O–H groups in total. The maximum Gasteiger partial charge on any atom is 0.410 e. The Labute approximate surface area is 130 Å². The highest BCUT2D eigenvalue weighted by molar-refractivity contribution is 5.68. The van der Waals surface area contributed by atoms with Crippen LogP contribution in [0.4, 0.5) is 4.79 Å². The predicted molar refractivity (Wildman–Crippen MR) is 86.6 cm³/mol. The topological polar surface area (TPSA) is 44.8 Å². The summed E-state index contributed by atoms with van der Waals surface area (Å²) < 4.78 is 5.44. The quantitative estimate of drug-likeness (QED) is 0.782. The van der Waals surface area contributed by atoms with Crippen LogP contribution >= 0.6 is 0 Å². The second kappa shape index (κ2) is 8.59. The molecule has 5 nitrogen and oxygen atoms in total. The molecule has 0 saturated carbocycles. The molecule has 1 aliphatic heterocycles. The molecule has 1 aliphatic rings.